The van der Waals surface area contributed by atoms with Crippen LogP contribution in [0.5, 0.6) is 0 Å². The van der Waals surface area contributed by atoms with Crippen molar-refractivity contribution in [3.05, 3.63) is 47.1 Å². The summed E-state index contributed by atoms with van der Waals surface area (Å²) in [5.41, 5.74) is 0.925. The number of hydrogen-bond donors (Lipinski definition) is 1. The van der Waals surface area contributed by atoms with E-state index in [1.165, 1.54) is 17.7 Å². The summed E-state index contributed by atoms with van der Waals surface area (Å²) in [6, 6.07) is 7.27. The highest BCUT2D eigenvalue weighted by Crippen LogP contribution is 2.22. The maximum Gasteiger partial charge on any atom is 0.261 e. The first-order valence-corrected chi connectivity index (χ1v) is 8.72. The Hall–Kier alpha value is -2.54. The average molecular weight is 340 g/mol. The Balaban J connectivity index is 1.36. The summed E-state index contributed by atoms with van der Waals surface area (Å²) in [5, 5.41) is 7.43. The number of piperidine rings is 1. The Morgan fingerprint density at radius 3 is 2.60 bits per heavy atom. The van der Waals surface area contributed by atoms with Gasteiger partial charge in [0.2, 0.25) is 5.89 Å². The fourth-order valence-corrected chi connectivity index (χ4v) is 3.44. The van der Waals surface area contributed by atoms with Crippen LogP contribution in [0.15, 0.2) is 28.8 Å². The summed E-state index contributed by atoms with van der Waals surface area (Å²) < 4.78 is 5.31. The van der Waals surface area contributed by atoms with Crippen molar-refractivity contribution < 1.29 is 14.1 Å². The van der Waals surface area contributed by atoms with Gasteiger partial charge in [-0.3, -0.25) is 14.5 Å². The second-order valence-corrected chi connectivity index (χ2v) is 6.51. The normalized spacial score (nSPS) is 20.2. The van der Waals surface area contributed by atoms with Crippen molar-refractivity contribution in [3.63, 3.8) is 0 Å². The molecule has 1 aromatic heterocycles. The van der Waals surface area contributed by atoms with Gasteiger partial charge in [-0.25, -0.2) is 0 Å². The highest BCUT2D eigenvalue weighted by atomic mass is 16.5. The summed E-state index contributed by atoms with van der Waals surface area (Å²) in [5.74, 6) is 0.630. The molecule has 3 heterocycles. The molecule has 7 heteroatoms. The minimum atomic E-state index is -0.254. The SMILES string of the molecule is O=C1c2ccccc2C(=O)N1CCc1noc(C[C@@H]2CCCCN2)n1. The standard InChI is InChI=1S/C18H20N4O3/c23-17-13-6-1-2-7-14(13)18(24)22(17)10-8-15-20-16(25-21-15)11-12-5-3-4-9-19-12/h1-2,6-7,12,19H,3-5,8-11H2/t12-/m0/s1. The van der Waals surface area contributed by atoms with Crippen LogP contribution in [-0.4, -0.2) is 46.0 Å². The van der Waals surface area contributed by atoms with Gasteiger partial charge in [0, 0.05) is 25.4 Å². The van der Waals surface area contributed by atoms with Gasteiger partial charge in [-0.1, -0.05) is 23.7 Å². The number of imide groups is 1. The first-order valence-electron chi connectivity index (χ1n) is 8.72. The van der Waals surface area contributed by atoms with Crippen LogP contribution < -0.4 is 5.32 Å². The van der Waals surface area contributed by atoms with Gasteiger partial charge >= 0.3 is 0 Å². The number of fused-ring (bicyclic) bond motifs is 1. The van der Waals surface area contributed by atoms with Crippen LogP contribution in [0.3, 0.4) is 0 Å². The molecule has 25 heavy (non-hydrogen) atoms. The maximum absolute atomic E-state index is 12.3. The van der Waals surface area contributed by atoms with Crippen LogP contribution in [0.25, 0.3) is 0 Å². The third kappa shape index (κ3) is 3.19. The molecule has 2 aromatic rings. The second kappa shape index (κ2) is 6.76. The molecule has 1 aromatic carbocycles. The van der Waals surface area contributed by atoms with E-state index in [9.17, 15) is 9.59 Å². The lowest BCUT2D eigenvalue weighted by Gasteiger charge is -2.21. The van der Waals surface area contributed by atoms with Gasteiger partial charge in [-0.15, -0.1) is 0 Å². The van der Waals surface area contributed by atoms with E-state index in [0.717, 1.165) is 19.4 Å². The highest BCUT2D eigenvalue weighted by Gasteiger charge is 2.34. The van der Waals surface area contributed by atoms with Crippen LogP contribution in [0.1, 0.15) is 51.7 Å². The third-order valence-electron chi connectivity index (χ3n) is 4.78. The molecule has 0 saturated carbocycles. The lowest BCUT2D eigenvalue weighted by molar-refractivity contribution is 0.0655. The van der Waals surface area contributed by atoms with Crippen molar-refractivity contribution in [1.82, 2.24) is 20.4 Å². The number of hydrogen-bond acceptors (Lipinski definition) is 6. The Bertz CT molecular complexity index is 760. The van der Waals surface area contributed by atoms with E-state index < -0.39 is 0 Å². The summed E-state index contributed by atoms with van der Waals surface area (Å²) in [7, 11) is 0. The largest absolute Gasteiger partial charge is 0.339 e. The molecule has 1 fully saturated rings. The number of carbonyl (C=O) groups excluding carboxylic acids is 2. The number of aromatic nitrogens is 2. The van der Waals surface area contributed by atoms with E-state index in [0.29, 0.717) is 35.3 Å². The fraction of sp³-hybridized carbons (Fsp3) is 0.444. The molecule has 4 rings (SSSR count). The second-order valence-electron chi connectivity index (χ2n) is 6.51. The van der Waals surface area contributed by atoms with E-state index in [4.69, 9.17) is 4.52 Å². The fourth-order valence-electron chi connectivity index (χ4n) is 3.44. The van der Waals surface area contributed by atoms with Gasteiger partial charge in [0.15, 0.2) is 5.82 Å². The predicted octanol–water partition coefficient (Wildman–Crippen LogP) is 1.59. The summed E-state index contributed by atoms with van der Waals surface area (Å²) >= 11 is 0. The van der Waals surface area contributed by atoms with Crippen LogP contribution in [0, 0.1) is 0 Å². The summed E-state index contributed by atoms with van der Waals surface area (Å²) in [4.78, 5) is 30.3. The molecule has 1 N–H and O–H groups in total. The van der Waals surface area contributed by atoms with Gasteiger partial charge in [0.1, 0.15) is 0 Å². The summed E-state index contributed by atoms with van der Waals surface area (Å²) in [6.45, 7) is 1.29. The Kier molecular flexibility index (Phi) is 4.31. The number of carbonyl (C=O) groups is 2. The minimum Gasteiger partial charge on any atom is -0.339 e. The number of rotatable bonds is 5. The molecule has 7 nitrogen and oxygen atoms in total. The van der Waals surface area contributed by atoms with Gasteiger partial charge in [0.05, 0.1) is 11.1 Å². The van der Waals surface area contributed by atoms with Gasteiger partial charge in [0.25, 0.3) is 11.8 Å². The zero-order chi connectivity index (χ0) is 17.2. The van der Waals surface area contributed by atoms with E-state index in [1.54, 1.807) is 24.3 Å². The molecule has 0 aliphatic carbocycles. The van der Waals surface area contributed by atoms with Crippen LogP contribution in [0.4, 0.5) is 0 Å². The molecule has 0 radical (unpaired) electrons. The van der Waals surface area contributed by atoms with Crippen molar-refractivity contribution in [2.75, 3.05) is 13.1 Å². The molecule has 2 aliphatic heterocycles. The monoisotopic (exact) mass is 340 g/mol. The van der Waals surface area contributed by atoms with Crippen molar-refractivity contribution in [3.8, 4) is 0 Å². The van der Waals surface area contributed by atoms with E-state index in [2.05, 4.69) is 15.5 Å². The van der Waals surface area contributed by atoms with Crippen molar-refractivity contribution in [2.45, 2.75) is 38.1 Å². The van der Waals surface area contributed by atoms with Crippen LogP contribution in [-0.2, 0) is 12.8 Å². The highest BCUT2D eigenvalue weighted by molar-refractivity contribution is 6.21. The van der Waals surface area contributed by atoms with Gasteiger partial charge < -0.3 is 9.84 Å². The zero-order valence-corrected chi connectivity index (χ0v) is 13.9. The molecule has 0 spiro atoms. The number of nitrogens with one attached hydrogen (secondary N) is 1. The topological polar surface area (TPSA) is 88.3 Å². The molecule has 1 saturated heterocycles. The van der Waals surface area contributed by atoms with Crippen molar-refractivity contribution in [2.24, 2.45) is 0 Å². The van der Waals surface area contributed by atoms with Crippen molar-refractivity contribution >= 4 is 11.8 Å². The lowest BCUT2D eigenvalue weighted by Crippen LogP contribution is -2.35. The molecule has 2 amide bonds. The van der Waals surface area contributed by atoms with Crippen molar-refractivity contribution in [1.29, 1.82) is 0 Å². The van der Waals surface area contributed by atoms with Gasteiger partial charge in [-0.05, 0) is 31.5 Å². The molecular weight excluding hydrogens is 320 g/mol. The molecule has 2 aliphatic rings. The third-order valence-corrected chi connectivity index (χ3v) is 4.78. The number of nitrogens with zero attached hydrogens (tertiary/aromatic N) is 3. The number of benzene rings is 1. The molecular formula is C18H20N4O3. The van der Waals surface area contributed by atoms with Crippen LogP contribution in [0.2, 0.25) is 0 Å². The minimum absolute atomic E-state index is 0.254. The van der Waals surface area contributed by atoms with Crippen LogP contribution >= 0.6 is 0 Å². The van der Waals surface area contributed by atoms with E-state index in [1.807, 2.05) is 0 Å². The summed E-state index contributed by atoms with van der Waals surface area (Å²) in [6.07, 6.45) is 4.67. The van der Waals surface area contributed by atoms with E-state index in [-0.39, 0.29) is 18.4 Å². The zero-order valence-electron chi connectivity index (χ0n) is 13.9. The number of amides is 2. The lowest BCUT2D eigenvalue weighted by atomic mass is 10.0. The van der Waals surface area contributed by atoms with Gasteiger partial charge in [-0.2, -0.15) is 4.98 Å². The first-order chi connectivity index (χ1) is 12.2. The maximum atomic E-state index is 12.3. The first kappa shape index (κ1) is 16.0. The smallest absolute Gasteiger partial charge is 0.261 e. The Morgan fingerprint density at radius 1 is 1.16 bits per heavy atom. The Morgan fingerprint density at radius 2 is 1.92 bits per heavy atom. The molecule has 130 valence electrons. The quantitative estimate of drug-likeness (QED) is 0.832. The molecule has 0 unspecified atom stereocenters. The predicted molar refractivity (Wildman–Crippen MR) is 89.2 cm³/mol. The Labute approximate surface area is 145 Å². The molecule has 1 atom stereocenters. The average Bonchev–Trinajstić information content (AvgIpc) is 3.18. The van der Waals surface area contributed by atoms with E-state index >= 15 is 0 Å². The molecule has 0 bridgehead atoms.